The fourth-order valence-corrected chi connectivity index (χ4v) is 4.79. The highest BCUT2D eigenvalue weighted by Gasteiger charge is 2.23. The predicted molar refractivity (Wildman–Crippen MR) is 109 cm³/mol. The van der Waals surface area contributed by atoms with Gasteiger partial charge in [0.15, 0.2) is 5.82 Å². The van der Waals surface area contributed by atoms with E-state index in [0.29, 0.717) is 6.04 Å². The fraction of sp³-hybridized carbons (Fsp3) is 0.450. The maximum atomic E-state index is 4.88. The van der Waals surface area contributed by atoms with Crippen molar-refractivity contribution in [3.8, 4) is 11.4 Å². The zero-order valence-corrected chi connectivity index (χ0v) is 16.4. The van der Waals surface area contributed by atoms with E-state index in [-0.39, 0.29) is 0 Å². The first-order valence-corrected chi connectivity index (χ1v) is 10.1. The molecule has 0 saturated carbocycles. The molecule has 0 aliphatic carbocycles. The number of nitrogens with zero attached hydrogens (tertiary/aromatic N) is 4. The molecule has 0 amide bonds. The van der Waals surface area contributed by atoms with Crippen molar-refractivity contribution in [2.24, 2.45) is 0 Å². The van der Waals surface area contributed by atoms with Crippen LogP contribution >= 0.6 is 11.3 Å². The van der Waals surface area contributed by atoms with Crippen LogP contribution in [0, 0.1) is 13.8 Å². The van der Waals surface area contributed by atoms with Crippen LogP contribution in [0.5, 0.6) is 0 Å². The first kappa shape index (κ1) is 17.4. The lowest BCUT2D eigenvalue weighted by atomic mass is 10.2. The standard InChI is InChI=1S/C20H25N5S/c1-4-25-10-6-8-16(25)12-22-19-17-13(2)14(3)26-20(17)24-18(23-19)15-7-5-9-21-11-15/h5,7,9,11,16H,4,6,8,10,12H2,1-3H3,(H,22,23,24). The largest absolute Gasteiger partial charge is 0.368 e. The maximum Gasteiger partial charge on any atom is 0.164 e. The summed E-state index contributed by atoms with van der Waals surface area (Å²) in [5.74, 6) is 1.70. The Labute approximate surface area is 158 Å². The molecule has 1 aliphatic rings. The first-order chi connectivity index (χ1) is 12.7. The van der Waals surface area contributed by atoms with Crippen LogP contribution in [0.15, 0.2) is 24.5 Å². The molecule has 26 heavy (non-hydrogen) atoms. The van der Waals surface area contributed by atoms with Gasteiger partial charge in [-0.15, -0.1) is 11.3 Å². The number of pyridine rings is 1. The molecule has 0 aromatic carbocycles. The van der Waals surface area contributed by atoms with Gasteiger partial charge in [-0.2, -0.15) is 0 Å². The first-order valence-electron chi connectivity index (χ1n) is 9.33. The van der Waals surface area contributed by atoms with Crippen LogP contribution in [0.25, 0.3) is 21.6 Å². The number of hydrogen-bond donors (Lipinski definition) is 1. The summed E-state index contributed by atoms with van der Waals surface area (Å²) in [4.78, 5) is 18.8. The number of likely N-dealkylation sites (tertiary alicyclic amines) is 1. The topological polar surface area (TPSA) is 53.9 Å². The highest BCUT2D eigenvalue weighted by atomic mass is 32.1. The minimum Gasteiger partial charge on any atom is -0.368 e. The van der Waals surface area contributed by atoms with E-state index in [1.807, 2.05) is 18.3 Å². The van der Waals surface area contributed by atoms with Crippen molar-refractivity contribution >= 4 is 27.4 Å². The van der Waals surface area contributed by atoms with Crippen molar-refractivity contribution in [2.45, 2.75) is 39.7 Å². The highest BCUT2D eigenvalue weighted by molar-refractivity contribution is 7.18. The van der Waals surface area contributed by atoms with Gasteiger partial charge in [-0.05, 0) is 57.5 Å². The quantitative estimate of drug-likeness (QED) is 0.730. The van der Waals surface area contributed by atoms with Crippen LogP contribution in [0.4, 0.5) is 5.82 Å². The molecule has 0 bridgehead atoms. The van der Waals surface area contributed by atoms with Gasteiger partial charge in [0.2, 0.25) is 0 Å². The van der Waals surface area contributed by atoms with Gasteiger partial charge >= 0.3 is 0 Å². The average molecular weight is 368 g/mol. The summed E-state index contributed by atoms with van der Waals surface area (Å²) in [7, 11) is 0. The Morgan fingerprint density at radius 3 is 2.96 bits per heavy atom. The van der Waals surface area contributed by atoms with Crippen molar-refractivity contribution in [3.63, 3.8) is 0 Å². The SMILES string of the molecule is CCN1CCCC1CNc1nc(-c2cccnc2)nc2sc(C)c(C)c12. The fourth-order valence-electron chi connectivity index (χ4n) is 3.76. The van der Waals surface area contributed by atoms with E-state index in [4.69, 9.17) is 9.97 Å². The molecule has 3 aromatic heterocycles. The van der Waals surface area contributed by atoms with Gasteiger partial charge in [-0.1, -0.05) is 6.92 Å². The number of anilines is 1. The van der Waals surface area contributed by atoms with E-state index in [0.717, 1.165) is 35.1 Å². The van der Waals surface area contributed by atoms with Gasteiger partial charge in [0.1, 0.15) is 10.6 Å². The van der Waals surface area contributed by atoms with Gasteiger partial charge in [-0.25, -0.2) is 9.97 Å². The zero-order valence-electron chi connectivity index (χ0n) is 15.6. The lowest BCUT2D eigenvalue weighted by Crippen LogP contribution is -2.34. The third-order valence-corrected chi connectivity index (χ3v) is 6.46. The number of rotatable bonds is 5. The zero-order chi connectivity index (χ0) is 18.1. The van der Waals surface area contributed by atoms with Gasteiger partial charge in [0.05, 0.1) is 5.39 Å². The smallest absolute Gasteiger partial charge is 0.164 e. The van der Waals surface area contributed by atoms with Crippen LogP contribution in [-0.4, -0.2) is 45.5 Å². The van der Waals surface area contributed by atoms with Gasteiger partial charge < -0.3 is 5.32 Å². The summed E-state index contributed by atoms with van der Waals surface area (Å²) in [6.45, 7) is 9.82. The van der Waals surface area contributed by atoms with Gasteiger partial charge in [0, 0.05) is 35.4 Å². The minimum atomic E-state index is 0.590. The second-order valence-corrected chi connectivity index (χ2v) is 8.11. The molecule has 1 aliphatic heterocycles. The summed E-state index contributed by atoms with van der Waals surface area (Å²) < 4.78 is 0. The summed E-state index contributed by atoms with van der Waals surface area (Å²) >= 11 is 1.74. The molecule has 4 rings (SSSR count). The monoisotopic (exact) mass is 367 g/mol. The van der Waals surface area contributed by atoms with E-state index >= 15 is 0 Å². The van der Waals surface area contributed by atoms with Crippen LogP contribution in [-0.2, 0) is 0 Å². The van der Waals surface area contributed by atoms with Crippen molar-refractivity contribution < 1.29 is 0 Å². The normalized spacial score (nSPS) is 17.9. The maximum absolute atomic E-state index is 4.88. The Morgan fingerprint density at radius 2 is 2.19 bits per heavy atom. The number of likely N-dealkylation sites (N-methyl/N-ethyl adjacent to an activating group) is 1. The predicted octanol–water partition coefficient (Wildman–Crippen LogP) is 4.27. The molecule has 1 N–H and O–H groups in total. The Bertz CT molecular complexity index is 905. The molecular weight excluding hydrogens is 342 g/mol. The van der Waals surface area contributed by atoms with E-state index < -0.39 is 0 Å². The number of hydrogen-bond acceptors (Lipinski definition) is 6. The second-order valence-electron chi connectivity index (χ2n) is 6.91. The van der Waals surface area contributed by atoms with Gasteiger partial charge in [-0.3, -0.25) is 9.88 Å². The van der Waals surface area contributed by atoms with E-state index in [1.54, 1.807) is 17.5 Å². The average Bonchev–Trinajstić information content (AvgIpc) is 3.24. The Morgan fingerprint density at radius 1 is 1.31 bits per heavy atom. The molecule has 0 radical (unpaired) electrons. The van der Waals surface area contributed by atoms with Crippen LogP contribution in [0.3, 0.4) is 0 Å². The molecular formula is C20H25N5S. The Kier molecular flexibility index (Phi) is 4.87. The molecule has 1 fully saturated rings. The van der Waals surface area contributed by atoms with E-state index in [9.17, 15) is 0 Å². The molecule has 1 saturated heterocycles. The lowest BCUT2D eigenvalue weighted by molar-refractivity contribution is 0.277. The number of nitrogens with one attached hydrogen (secondary N) is 1. The third-order valence-electron chi connectivity index (χ3n) is 5.36. The molecule has 1 unspecified atom stereocenters. The molecule has 136 valence electrons. The Hall–Kier alpha value is -2.05. The summed E-state index contributed by atoms with van der Waals surface area (Å²) in [5.41, 5.74) is 2.24. The van der Waals surface area contributed by atoms with Crippen LogP contribution in [0.1, 0.15) is 30.2 Å². The van der Waals surface area contributed by atoms with Crippen molar-refractivity contribution in [2.75, 3.05) is 25.0 Å². The molecule has 0 spiro atoms. The molecule has 3 aromatic rings. The molecule has 6 heteroatoms. The number of thiophene rings is 1. The van der Waals surface area contributed by atoms with E-state index in [1.165, 1.54) is 35.2 Å². The number of aromatic nitrogens is 3. The summed E-state index contributed by atoms with van der Waals surface area (Å²) in [6, 6.07) is 4.53. The second kappa shape index (κ2) is 7.29. The molecule has 5 nitrogen and oxygen atoms in total. The molecule has 1 atom stereocenters. The number of fused-ring (bicyclic) bond motifs is 1. The highest BCUT2D eigenvalue weighted by Crippen LogP contribution is 2.35. The van der Waals surface area contributed by atoms with Crippen molar-refractivity contribution in [3.05, 3.63) is 35.0 Å². The van der Waals surface area contributed by atoms with Crippen LogP contribution in [0.2, 0.25) is 0 Å². The van der Waals surface area contributed by atoms with Crippen LogP contribution < -0.4 is 5.32 Å². The summed E-state index contributed by atoms with van der Waals surface area (Å²) in [6.07, 6.45) is 6.15. The Balaban J connectivity index is 1.71. The third kappa shape index (κ3) is 3.19. The molecule has 4 heterocycles. The van der Waals surface area contributed by atoms with Crippen molar-refractivity contribution in [1.82, 2.24) is 19.9 Å². The minimum absolute atomic E-state index is 0.590. The number of aryl methyl sites for hydroxylation is 2. The van der Waals surface area contributed by atoms with Gasteiger partial charge in [0.25, 0.3) is 0 Å². The summed E-state index contributed by atoms with van der Waals surface area (Å²) in [5, 5.41) is 4.82. The van der Waals surface area contributed by atoms with Crippen molar-refractivity contribution in [1.29, 1.82) is 0 Å². The van der Waals surface area contributed by atoms with E-state index in [2.05, 4.69) is 36.0 Å². The lowest BCUT2D eigenvalue weighted by Gasteiger charge is -2.23.